The molecule has 24 heavy (non-hydrogen) atoms. The van der Waals surface area contributed by atoms with Crippen LogP contribution in [0.3, 0.4) is 0 Å². The van der Waals surface area contributed by atoms with E-state index in [-0.39, 0.29) is 0 Å². The number of rotatable bonds is 11. The fraction of sp³-hybridized carbons (Fsp3) is 0.700. The lowest BCUT2D eigenvalue weighted by Crippen LogP contribution is -2.06. The van der Waals surface area contributed by atoms with Gasteiger partial charge in [0.05, 0.1) is 26.4 Å². The topological polar surface area (TPSA) is 54.5 Å². The summed E-state index contributed by atoms with van der Waals surface area (Å²) in [7, 11) is 0. The maximum Gasteiger partial charge on any atom is 0.118 e. The second kappa shape index (κ2) is 11.5. The summed E-state index contributed by atoms with van der Waals surface area (Å²) < 4.78 is 15.1. The molecule has 2 atom stereocenters. The van der Waals surface area contributed by atoms with Crippen molar-refractivity contribution in [1.82, 2.24) is 0 Å². The van der Waals surface area contributed by atoms with Crippen molar-refractivity contribution in [2.45, 2.75) is 64.1 Å². The monoisotopic (exact) mass is 336 g/mol. The molecule has 2 aliphatic heterocycles. The molecule has 2 saturated heterocycles. The molecule has 136 valence electrons. The minimum Gasteiger partial charge on any atom is -0.508 e. The van der Waals surface area contributed by atoms with Gasteiger partial charge in [0.25, 0.3) is 0 Å². The van der Waals surface area contributed by atoms with E-state index in [2.05, 4.69) is 6.92 Å². The molecule has 1 aromatic carbocycles. The third-order valence-electron chi connectivity index (χ3n) is 4.20. The number of aryl methyl sites for hydroxylation is 1. The highest BCUT2D eigenvalue weighted by Crippen LogP contribution is 2.18. The number of hydrogen-bond donors (Lipinski definition) is 1. The molecule has 0 radical (unpaired) electrons. The van der Waals surface area contributed by atoms with Crippen molar-refractivity contribution >= 4 is 0 Å². The highest BCUT2D eigenvalue weighted by molar-refractivity contribution is 5.31. The van der Waals surface area contributed by atoms with E-state index < -0.39 is 0 Å². The Kier molecular flexibility index (Phi) is 9.18. The highest BCUT2D eigenvalue weighted by atomic mass is 16.6. The van der Waals surface area contributed by atoms with E-state index in [1.54, 1.807) is 6.07 Å². The lowest BCUT2D eigenvalue weighted by Gasteiger charge is -2.03. The first-order chi connectivity index (χ1) is 11.8. The second-order valence-corrected chi connectivity index (χ2v) is 6.59. The Morgan fingerprint density at radius 3 is 2.12 bits per heavy atom. The van der Waals surface area contributed by atoms with Crippen LogP contribution in [0, 0.1) is 0 Å². The molecule has 2 aliphatic rings. The number of benzene rings is 1. The summed E-state index contributed by atoms with van der Waals surface area (Å²) in [5.41, 5.74) is 1.09. The van der Waals surface area contributed by atoms with E-state index in [9.17, 15) is 5.11 Å². The van der Waals surface area contributed by atoms with E-state index in [0.717, 1.165) is 38.4 Å². The van der Waals surface area contributed by atoms with Gasteiger partial charge in [-0.05, 0) is 24.5 Å². The molecular weight excluding hydrogens is 304 g/mol. The van der Waals surface area contributed by atoms with Crippen molar-refractivity contribution in [3.05, 3.63) is 29.8 Å². The average molecular weight is 336 g/mol. The average Bonchev–Trinajstić information content (AvgIpc) is 3.48. The van der Waals surface area contributed by atoms with Crippen LogP contribution in [0.15, 0.2) is 24.3 Å². The van der Waals surface area contributed by atoms with Gasteiger partial charge < -0.3 is 19.3 Å². The zero-order valence-electron chi connectivity index (χ0n) is 14.9. The molecule has 2 heterocycles. The van der Waals surface area contributed by atoms with Crippen molar-refractivity contribution in [2.75, 3.05) is 26.4 Å². The van der Waals surface area contributed by atoms with E-state index in [1.807, 2.05) is 18.2 Å². The summed E-state index contributed by atoms with van der Waals surface area (Å²) in [4.78, 5) is 0. The molecule has 2 unspecified atom stereocenters. The maximum atomic E-state index is 9.55. The summed E-state index contributed by atoms with van der Waals surface area (Å²) in [5, 5.41) is 9.55. The molecule has 1 aromatic rings. The molecule has 4 heteroatoms. The molecule has 0 spiro atoms. The van der Waals surface area contributed by atoms with Gasteiger partial charge in [-0.25, -0.2) is 0 Å². The van der Waals surface area contributed by atoms with Gasteiger partial charge in [-0.1, -0.05) is 57.2 Å². The predicted octanol–water partition coefficient (Wildman–Crippen LogP) is 4.10. The first kappa shape index (κ1) is 19.2. The van der Waals surface area contributed by atoms with Crippen LogP contribution in [0.5, 0.6) is 5.75 Å². The summed E-state index contributed by atoms with van der Waals surface area (Å²) in [6, 6.07) is 7.65. The molecule has 0 aromatic heterocycles. The van der Waals surface area contributed by atoms with Gasteiger partial charge in [-0.3, -0.25) is 0 Å². The number of phenols is 1. The Labute approximate surface area is 146 Å². The number of ether oxygens (including phenoxy) is 3. The number of hydrogen-bond acceptors (Lipinski definition) is 4. The summed E-state index contributed by atoms with van der Waals surface area (Å²) >= 11 is 0. The summed E-state index contributed by atoms with van der Waals surface area (Å²) in [6.07, 6.45) is 9.64. The van der Waals surface area contributed by atoms with Gasteiger partial charge in [0.1, 0.15) is 18.0 Å². The van der Waals surface area contributed by atoms with Crippen LogP contribution in [0.2, 0.25) is 0 Å². The van der Waals surface area contributed by atoms with Gasteiger partial charge in [-0.15, -0.1) is 0 Å². The Balaban J connectivity index is 0.000000194. The van der Waals surface area contributed by atoms with Gasteiger partial charge >= 0.3 is 0 Å². The maximum absolute atomic E-state index is 9.55. The van der Waals surface area contributed by atoms with Gasteiger partial charge in [0, 0.05) is 0 Å². The smallest absolute Gasteiger partial charge is 0.118 e. The predicted molar refractivity (Wildman–Crippen MR) is 95.5 cm³/mol. The molecule has 0 aliphatic carbocycles. The number of unbranched alkanes of at least 4 members (excludes halogenated alkanes) is 5. The number of phenolic OH excluding ortho intramolecular Hbond substituents is 1. The Hall–Kier alpha value is -1.10. The first-order valence-electron chi connectivity index (χ1n) is 9.37. The van der Waals surface area contributed by atoms with Crippen molar-refractivity contribution < 1.29 is 19.3 Å². The summed E-state index contributed by atoms with van der Waals surface area (Å²) in [5.74, 6) is 0.450. The third-order valence-corrected chi connectivity index (χ3v) is 4.20. The van der Waals surface area contributed by atoms with Crippen LogP contribution in [0.4, 0.5) is 0 Å². The Morgan fingerprint density at radius 1 is 0.958 bits per heavy atom. The lowest BCUT2D eigenvalue weighted by atomic mass is 10.0. The van der Waals surface area contributed by atoms with Crippen LogP contribution >= 0.6 is 0 Å². The number of aromatic hydroxyl groups is 1. The van der Waals surface area contributed by atoms with Crippen molar-refractivity contribution in [1.29, 1.82) is 0 Å². The number of epoxide rings is 2. The van der Waals surface area contributed by atoms with Crippen LogP contribution in [0.1, 0.15) is 51.0 Å². The Bertz CT molecular complexity index is 429. The zero-order chi connectivity index (χ0) is 17.0. The van der Waals surface area contributed by atoms with Crippen molar-refractivity contribution in [3.8, 4) is 5.75 Å². The van der Waals surface area contributed by atoms with Crippen LogP contribution in [-0.4, -0.2) is 43.7 Å². The largest absolute Gasteiger partial charge is 0.508 e. The molecule has 4 nitrogen and oxygen atoms in total. The van der Waals surface area contributed by atoms with E-state index in [0.29, 0.717) is 18.0 Å². The van der Waals surface area contributed by atoms with E-state index in [1.165, 1.54) is 38.5 Å². The first-order valence-corrected chi connectivity index (χ1v) is 9.37. The zero-order valence-corrected chi connectivity index (χ0v) is 14.9. The van der Waals surface area contributed by atoms with Crippen molar-refractivity contribution in [3.63, 3.8) is 0 Å². The minimum atomic E-state index is 0.392. The fourth-order valence-corrected chi connectivity index (χ4v) is 2.48. The van der Waals surface area contributed by atoms with Crippen LogP contribution in [-0.2, 0) is 20.6 Å². The SMILES string of the molecule is C(OCC1CO1)C1CO1.CCCCCCCCc1ccccc1O. The van der Waals surface area contributed by atoms with Crippen molar-refractivity contribution in [2.24, 2.45) is 0 Å². The van der Waals surface area contributed by atoms with Gasteiger partial charge in [0.2, 0.25) is 0 Å². The molecular formula is C20H32O4. The normalized spacial score (nSPS) is 21.0. The van der Waals surface area contributed by atoms with Gasteiger partial charge in [0.15, 0.2) is 0 Å². The molecule has 0 saturated carbocycles. The third kappa shape index (κ3) is 9.26. The Morgan fingerprint density at radius 2 is 1.54 bits per heavy atom. The number of para-hydroxylation sites is 1. The summed E-state index contributed by atoms with van der Waals surface area (Å²) in [6.45, 7) is 5.50. The fourth-order valence-electron chi connectivity index (χ4n) is 2.48. The molecule has 0 bridgehead atoms. The van der Waals surface area contributed by atoms with Crippen LogP contribution in [0.25, 0.3) is 0 Å². The molecule has 1 N–H and O–H groups in total. The van der Waals surface area contributed by atoms with E-state index >= 15 is 0 Å². The highest BCUT2D eigenvalue weighted by Gasteiger charge is 2.26. The van der Waals surface area contributed by atoms with E-state index in [4.69, 9.17) is 14.2 Å². The molecule has 2 fully saturated rings. The molecule has 3 rings (SSSR count). The lowest BCUT2D eigenvalue weighted by molar-refractivity contribution is 0.102. The minimum absolute atomic E-state index is 0.392. The quantitative estimate of drug-likeness (QED) is 0.488. The van der Waals surface area contributed by atoms with Gasteiger partial charge in [-0.2, -0.15) is 0 Å². The second-order valence-electron chi connectivity index (χ2n) is 6.59. The standard InChI is InChI=1S/C14H22O.C6H10O3/c1-2-3-4-5-6-7-10-13-11-8-9-12-14(13)15;1(5-3-8-5)7-2-6-4-9-6/h8-9,11-12,15H,2-7,10H2,1H3;5-6H,1-4H2. The molecule has 0 amide bonds. The van der Waals surface area contributed by atoms with Crippen LogP contribution < -0.4 is 0 Å².